The van der Waals surface area contributed by atoms with E-state index in [1.54, 1.807) is 7.11 Å². The maximum absolute atomic E-state index is 12.3. The van der Waals surface area contributed by atoms with E-state index in [9.17, 15) is 4.79 Å². The second-order valence-corrected chi connectivity index (χ2v) is 8.23. The molecule has 0 saturated carbocycles. The van der Waals surface area contributed by atoms with E-state index in [0.717, 1.165) is 28.5 Å². The summed E-state index contributed by atoms with van der Waals surface area (Å²) in [6.07, 6.45) is 0. The van der Waals surface area contributed by atoms with Gasteiger partial charge < -0.3 is 9.30 Å². The van der Waals surface area contributed by atoms with E-state index in [0.29, 0.717) is 5.75 Å². The van der Waals surface area contributed by atoms with E-state index >= 15 is 0 Å². The zero-order chi connectivity index (χ0) is 18.7. The first kappa shape index (κ1) is 18.5. The molecule has 0 atom stereocenters. The predicted octanol–water partition coefficient (Wildman–Crippen LogP) is 4.80. The number of carbonyl (C=O) groups is 1. The van der Waals surface area contributed by atoms with Gasteiger partial charge in [0.05, 0.1) is 30.4 Å². The van der Waals surface area contributed by atoms with Gasteiger partial charge in [-0.25, -0.2) is 4.98 Å². The number of nitrogens with zero attached hydrogens (tertiary/aromatic N) is 2. The number of benzene rings is 2. The molecule has 0 bridgehead atoms. The number of carbonyl (C=O) groups excluding carboxylic acids is 1. The number of rotatable bonds is 6. The molecule has 1 aromatic heterocycles. The smallest absolute Gasteiger partial charge is 0.169 e. The van der Waals surface area contributed by atoms with Gasteiger partial charge in [-0.2, -0.15) is 0 Å². The Morgan fingerprint density at radius 3 is 2.54 bits per heavy atom. The molecular weight excluding hydrogens is 344 g/mol. The molecule has 0 aliphatic carbocycles. The minimum absolute atomic E-state index is 0.221. The summed E-state index contributed by atoms with van der Waals surface area (Å²) in [6, 6.07) is 16.2. The number of thioether (sulfide) groups is 1. The van der Waals surface area contributed by atoms with Crippen LogP contribution in [-0.2, 0) is 11.3 Å². The Balaban J connectivity index is 1.96. The normalized spacial score (nSPS) is 11.7. The Bertz CT molecular complexity index is 911. The lowest BCUT2D eigenvalue weighted by atomic mass is 9.92. The highest BCUT2D eigenvalue weighted by Crippen LogP contribution is 2.29. The van der Waals surface area contributed by atoms with Crippen LogP contribution in [0.5, 0.6) is 5.75 Å². The molecule has 3 rings (SSSR count). The Labute approximate surface area is 158 Å². The summed E-state index contributed by atoms with van der Waals surface area (Å²) < 4.78 is 7.49. The second kappa shape index (κ2) is 7.54. The molecular formula is C21H24N2O2S. The van der Waals surface area contributed by atoms with Crippen LogP contribution in [-0.4, -0.2) is 28.2 Å². The van der Waals surface area contributed by atoms with Gasteiger partial charge in [0.15, 0.2) is 5.16 Å². The molecule has 0 unspecified atom stereocenters. The molecule has 3 aromatic rings. The van der Waals surface area contributed by atoms with E-state index in [2.05, 4.69) is 16.7 Å². The lowest BCUT2D eigenvalue weighted by Crippen LogP contribution is -2.22. The van der Waals surface area contributed by atoms with Crippen molar-refractivity contribution < 1.29 is 9.53 Å². The molecule has 5 heteroatoms. The highest BCUT2D eigenvalue weighted by molar-refractivity contribution is 7.99. The van der Waals surface area contributed by atoms with Crippen LogP contribution in [0.2, 0.25) is 0 Å². The molecule has 0 amide bonds. The van der Waals surface area contributed by atoms with Crippen LogP contribution in [0.25, 0.3) is 11.0 Å². The van der Waals surface area contributed by atoms with Gasteiger partial charge >= 0.3 is 0 Å². The van der Waals surface area contributed by atoms with Gasteiger partial charge in [0.1, 0.15) is 11.5 Å². The largest absolute Gasteiger partial charge is 0.497 e. The lowest BCUT2D eigenvalue weighted by Gasteiger charge is -2.16. The average Bonchev–Trinajstić information content (AvgIpc) is 2.96. The number of imidazole rings is 1. The lowest BCUT2D eigenvalue weighted by molar-refractivity contribution is -0.123. The van der Waals surface area contributed by atoms with Crippen molar-refractivity contribution in [1.29, 1.82) is 0 Å². The molecule has 0 fully saturated rings. The minimum Gasteiger partial charge on any atom is -0.497 e. The zero-order valence-electron chi connectivity index (χ0n) is 15.7. The van der Waals surface area contributed by atoms with Crippen molar-refractivity contribution in [3.8, 4) is 5.75 Å². The topological polar surface area (TPSA) is 44.1 Å². The Hall–Kier alpha value is -2.27. The van der Waals surface area contributed by atoms with Crippen molar-refractivity contribution in [3.63, 3.8) is 0 Å². The first-order valence-corrected chi connectivity index (χ1v) is 9.61. The van der Waals surface area contributed by atoms with Crippen LogP contribution in [0, 0.1) is 5.41 Å². The Kier molecular flexibility index (Phi) is 5.37. The third kappa shape index (κ3) is 4.10. The number of hydrogen-bond donors (Lipinski definition) is 0. The zero-order valence-corrected chi connectivity index (χ0v) is 16.5. The van der Waals surface area contributed by atoms with Crippen molar-refractivity contribution in [2.24, 2.45) is 5.41 Å². The molecule has 4 nitrogen and oxygen atoms in total. The molecule has 26 heavy (non-hydrogen) atoms. The summed E-state index contributed by atoms with van der Waals surface area (Å²) in [5.74, 6) is 1.42. The standard InChI is InChI=1S/C21H24N2O2S/c1-21(2,3)19(24)14-26-20-22-17-12-16(25-4)10-11-18(17)23(20)13-15-8-6-5-7-9-15/h5-12H,13-14H2,1-4H3. The van der Waals surface area contributed by atoms with Crippen LogP contribution < -0.4 is 4.74 Å². The molecule has 0 aliphatic rings. The van der Waals surface area contributed by atoms with E-state index in [1.807, 2.05) is 57.2 Å². The number of methoxy groups -OCH3 is 1. The van der Waals surface area contributed by atoms with Gasteiger partial charge in [-0.05, 0) is 17.7 Å². The summed E-state index contributed by atoms with van der Waals surface area (Å²) in [4.78, 5) is 17.1. The third-order valence-corrected chi connectivity index (χ3v) is 5.25. The van der Waals surface area contributed by atoms with Gasteiger partial charge in [-0.3, -0.25) is 4.79 Å². The molecule has 2 aromatic carbocycles. The summed E-state index contributed by atoms with van der Waals surface area (Å²) in [6.45, 7) is 6.57. The van der Waals surface area contributed by atoms with Gasteiger partial charge in [-0.1, -0.05) is 62.9 Å². The van der Waals surface area contributed by atoms with Crippen LogP contribution in [0.3, 0.4) is 0 Å². The molecule has 1 heterocycles. The second-order valence-electron chi connectivity index (χ2n) is 7.28. The van der Waals surface area contributed by atoms with Crippen molar-refractivity contribution in [3.05, 3.63) is 54.1 Å². The Morgan fingerprint density at radius 1 is 1.15 bits per heavy atom. The van der Waals surface area contributed by atoms with Gasteiger partial charge in [-0.15, -0.1) is 0 Å². The minimum atomic E-state index is -0.341. The van der Waals surface area contributed by atoms with Crippen LogP contribution >= 0.6 is 11.8 Å². The highest BCUT2D eigenvalue weighted by atomic mass is 32.2. The molecule has 0 radical (unpaired) electrons. The van der Waals surface area contributed by atoms with Crippen molar-refractivity contribution >= 4 is 28.6 Å². The number of Topliss-reactive ketones (excluding diaryl/α,β-unsaturated/α-hetero) is 1. The first-order valence-electron chi connectivity index (χ1n) is 8.63. The van der Waals surface area contributed by atoms with E-state index in [1.165, 1.54) is 17.3 Å². The van der Waals surface area contributed by atoms with Crippen molar-refractivity contribution in [1.82, 2.24) is 9.55 Å². The monoisotopic (exact) mass is 368 g/mol. The molecule has 0 N–H and O–H groups in total. The number of fused-ring (bicyclic) bond motifs is 1. The number of ketones is 1. The van der Waals surface area contributed by atoms with Gasteiger partial charge in [0.2, 0.25) is 0 Å². The summed E-state index contributed by atoms with van der Waals surface area (Å²) >= 11 is 1.50. The first-order chi connectivity index (χ1) is 12.4. The molecule has 136 valence electrons. The quantitative estimate of drug-likeness (QED) is 0.586. The predicted molar refractivity (Wildman–Crippen MR) is 107 cm³/mol. The number of hydrogen-bond acceptors (Lipinski definition) is 4. The maximum atomic E-state index is 12.3. The average molecular weight is 369 g/mol. The highest BCUT2D eigenvalue weighted by Gasteiger charge is 2.22. The third-order valence-electron chi connectivity index (χ3n) is 4.27. The van der Waals surface area contributed by atoms with Crippen LogP contribution in [0.15, 0.2) is 53.7 Å². The maximum Gasteiger partial charge on any atom is 0.169 e. The fraction of sp³-hybridized carbons (Fsp3) is 0.333. The van der Waals surface area contributed by atoms with E-state index in [-0.39, 0.29) is 11.2 Å². The molecule has 0 spiro atoms. The molecule has 0 saturated heterocycles. The SMILES string of the molecule is COc1ccc2c(c1)nc(SCC(=O)C(C)(C)C)n2Cc1ccccc1. The Morgan fingerprint density at radius 2 is 1.88 bits per heavy atom. The van der Waals surface area contributed by atoms with Crippen LogP contribution in [0.4, 0.5) is 0 Å². The molecule has 0 aliphatic heterocycles. The number of aromatic nitrogens is 2. The number of ether oxygens (including phenoxy) is 1. The summed E-state index contributed by atoms with van der Waals surface area (Å²) in [5, 5.41) is 0.856. The van der Waals surface area contributed by atoms with Crippen molar-refractivity contribution in [2.75, 3.05) is 12.9 Å². The van der Waals surface area contributed by atoms with Crippen LogP contribution in [0.1, 0.15) is 26.3 Å². The summed E-state index contributed by atoms with van der Waals surface area (Å²) in [5.41, 5.74) is 2.78. The fourth-order valence-corrected chi connectivity index (χ4v) is 3.76. The fourth-order valence-electron chi connectivity index (χ4n) is 2.59. The van der Waals surface area contributed by atoms with Crippen molar-refractivity contribution in [2.45, 2.75) is 32.5 Å². The summed E-state index contributed by atoms with van der Waals surface area (Å²) in [7, 11) is 1.65. The van der Waals surface area contributed by atoms with E-state index < -0.39 is 0 Å². The van der Waals surface area contributed by atoms with Gasteiger partial charge in [0, 0.05) is 11.5 Å². The van der Waals surface area contributed by atoms with E-state index in [4.69, 9.17) is 9.72 Å². The van der Waals surface area contributed by atoms with Gasteiger partial charge in [0.25, 0.3) is 0 Å².